The normalized spacial score (nSPS) is 10.7. The van der Waals surface area contributed by atoms with E-state index in [1.54, 1.807) is 31.8 Å². The summed E-state index contributed by atoms with van der Waals surface area (Å²) in [5.41, 5.74) is 2.32. The average molecular weight is 385 g/mol. The zero-order valence-corrected chi connectivity index (χ0v) is 16.2. The van der Waals surface area contributed by atoms with Crippen molar-refractivity contribution in [2.45, 2.75) is 13.5 Å². The average Bonchev–Trinajstić information content (AvgIpc) is 2.85. The van der Waals surface area contributed by atoms with Crippen LogP contribution in [0.4, 0.5) is 10.5 Å². The molecule has 0 saturated heterocycles. The summed E-state index contributed by atoms with van der Waals surface area (Å²) in [7, 11) is 3.46. The molecule has 0 saturated carbocycles. The summed E-state index contributed by atoms with van der Waals surface area (Å²) in [6.45, 7) is 2.18. The lowest BCUT2D eigenvalue weighted by Gasteiger charge is -2.17. The van der Waals surface area contributed by atoms with Gasteiger partial charge >= 0.3 is 6.03 Å². The van der Waals surface area contributed by atoms with Gasteiger partial charge in [-0.05, 0) is 36.8 Å². The van der Waals surface area contributed by atoms with Crippen LogP contribution in [0.5, 0.6) is 0 Å². The van der Waals surface area contributed by atoms with Gasteiger partial charge in [0.05, 0.1) is 11.4 Å². The predicted octanol–water partition coefficient (Wildman–Crippen LogP) is 3.80. The summed E-state index contributed by atoms with van der Waals surface area (Å²) >= 11 is 5.99. The molecule has 1 heterocycles. The lowest BCUT2D eigenvalue weighted by molar-refractivity contribution is 0.220. The van der Waals surface area contributed by atoms with Gasteiger partial charge in [-0.2, -0.15) is 0 Å². The zero-order valence-electron chi connectivity index (χ0n) is 15.4. The number of benzene rings is 2. The van der Waals surface area contributed by atoms with E-state index >= 15 is 0 Å². The summed E-state index contributed by atoms with van der Waals surface area (Å²) < 4.78 is 3.26. The summed E-state index contributed by atoms with van der Waals surface area (Å²) in [5, 5.41) is 3.36. The molecule has 0 unspecified atom stereocenters. The molecular weight excluding hydrogens is 364 g/mol. The molecule has 0 radical (unpaired) electrons. The van der Waals surface area contributed by atoms with E-state index < -0.39 is 0 Å². The van der Waals surface area contributed by atoms with Gasteiger partial charge in [-0.1, -0.05) is 41.9 Å². The minimum absolute atomic E-state index is 0.268. The number of rotatable bonds is 4. The van der Waals surface area contributed by atoms with Crippen LogP contribution in [0.15, 0.2) is 59.4 Å². The number of urea groups is 1. The Kier molecular flexibility index (Phi) is 5.37. The molecule has 0 aliphatic carbocycles. The van der Waals surface area contributed by atoms with E-state index in [1.807, 2.05) is 48.5 Å². The molecule has 6 nitrogen and oxygen atoms in total. The Morgan fingerprint density at radius 3 is 2.52 bits per heavy atom. The van der Waals surface area contributed by atoms with E-state index in [0.29, 0.717) is 17.3 Å². The minimum Gasteiger partial charge on any atom is -0.323 e. The highest BCUT2D eigenvalue weighted by Crippen LogP contribution is 2.16. The fourth-order valence-corrected chi connectivity index (χ4v) is 3.11. The maximum absolute atomic E-state index is 12.9. The van der Waals surface area contributed by atoms with Gasteiger partial charge in [-0.15, -0.1) is 0 Å². The van der Waals surface area contributed by atoms with Gasteiger partial charge in [0.25, 0.3) is 5.56 Å². The first-order chi connectivity index (χ1) is 12.9. The van der Waals surface area contributed by atoms with Gasteiger partial charge < -0.3 is 10.2 Å². The number of anilines is 1. The SMILES string of the molecule is Cc1c(NC(=O)N(C)Cc2cccc(Cl)c2)c(=O)n(-c2ccccc2)n1C. The Morgan fingerprint density at radius 1 is 1.15 bits per heavy atom. The molecule has 0 aliphatic heterocycles. The number of aromatic nitrogens is 2. The molecule has 2 amide bonds. The smallest absolute Gasteiger partial charge is 0.322 e. The first-order valence-electron chi connectivity index (χ1n) is 8.49. The summed E-state index contributed by atoms with van der Waals surface area (Å²) in [4.78, 5) is 27.0. The molecule has 1 N–H and O–H groups in total. The van der Waals surface area contributed by atoms with E-state index in [-0.39, 0.29) is 17.3 Å². The van der Waals surface area contributed by atoms with Gasteiger partial charge in [-0.25, -0.2) is 9.48 Å². The van der Waals surface area contributed by atoms with Gasteiger partial charge in [0.1, 0.15) is 5.69 Å². The monoisotopic (exact) mass is 384 g/mol. The van der Waals surface area contributed by atoms with Crippen molar-refractivity contribution in [1.82, 2.24) is 14.3 Å². The molecule has 1 aromatic heterocycles. The highest BCUT2D eigenvalue weighted by Gasteiger charge is 2.19. The van der Waals surface area contributed by atoms with Crippen LogP contribution in [0.1, 0.15) is 11.3 Å². The Labute approximate surface area is 162 Å². The minimum atomic E-state index is -0.360. The van der Waals surface area contributed by atoms with Crippen molar-refractivity contribution in [1.29, 1.82) is 0 Å². The van der Waals surface area contributed by atoms with Crippen LogP contribution in [0, 0.1) is 6.92 Å². The highest BCUT2D eigenvalue weighted by molar-refractivity contribution is 6.30. The Hall–Kier alpha value is -2.99. The topological polar surface area (TPSA) is 59.3 Å². The van der Waals surface area contributed by atoms with Crippen LogP contribution in [-0.4, -0.2) is 27.3 Å². The molecule has 0 spiro atoms. The molecule has 27 heavy (non-hydrogen) atoms. The van der Waals surface area contributed by atoms with Gasteiger partial charge in [-0.3, -0.25) is 9.48 Å². The van der Waals surface area contributed by atoms with Crippen molar-refractivity contribution in [3.8, 4) is 5.69 Å². The molecule has 140 valence electrons. The Balaban J connectivity index is 1.83. The lowest BCUT2D eigenvalue weighted by Crippen LogP contribution is -2.33. The van der Waals surface area contributed by atoms with E-state index in [2.05, 4.69) is 5.32 Å². The van der Waals surface area contributed by atoms with E-state index in [1.165, 1.54) is 9.58 Å². The fraction of sp³-hybridized carbons (Fsp3) is 0.200. The number of hydrogen-bond donors (Lipinski definition) is 1. The van der Waals surface area contributed by atoms with Crippen LogP contribution in [0.2, 0.25) is 5.02 Å². The number of nitrogens with zero attached hydrogens (tertiary/aromatic N) is 3. The third-order valence-electron chi connectivity index (χ3n) is 4.44. The van der Waals surface area contributed by atoms with Crippen molar-refractivity contribution in [2.75, 3.05) is 12.4 Å². The predicted molar refractivity (Wildman–Crippen MR) is 108 cm³/mol. The number of para-hydroxylation sites is 1. The van der Waals surface area contributed by atoms with Crippen LogP contribution >= 0.6 is 11.6 Å². The van der Waals surface area contributed by atoms with Crippen molar-refractivity contribution in [2.24, 2.45) is 7.05 Å². The molecule has 0 fully saturated rings. The van der Waals surface area contributed by atoms with Crippen molar-refractivity contribution < 1.29 is 4.79 Å². The number of halogens is 1. The second kappa shape index (κ2) is 7.72. The summed E-state index contributed by atoms with van der Waals surface area (Å²) in [5.74, 6) is 0. The van der Waals surface area contributed by atoms with Crippen LogP contribution < -0.4 is 10.9 Å². The van der Waals surface area contributed by atoms with Crippen molar-refractivity contribution in [3.63, 3.8) is 0 Å². The van der Waals surface area contributed by atoms with Crippen molar-refractivity contribution in [3.05, 3.63) is 81.2 Å². The molecule has 2 aromatic carbocycles. The maximum Gasteiger partial charge on any atom is 0.322 e. The van der Waals surface area contributed by atoms with Gasteiger partial charge in [0, 0.05) is 25.7 Å². The summed E-state index contributed by atoms with van der Waals surface area (Å²) in [6.07, 6.45) is 0. The molecule has 3 aromatic rings. The molecule has 0 bridgehead atoms. The number of carbonyl (C=O) groups is 1. The third kappa shape index (κ3) is 3.90. The van der Waals surface area contributed by atoms with E-state index in [9.17, 15) is 9.59 Å². The molecule has 3 rings (SSSR count). The molecule has 0 aliphatic rings. The van der Waals surface area contributed by atoms with E-state index in [4.69, 9.17) is 11.6 Å². The van der Waals surface area contributed by atoms with Crippen molar-refractivity contribution >= 4 is 23.3 Å². The Morgan fingerprint density at radius 2 is 1.85 bits per heavy atom. The maximum atomic E-state index is 12.9. The quantitative estimate of drug-likeness (QED) is 0.743. The van der Waals surface area contributed by atoms with E-state index in [0.717, 1.165) is 11.3 Å². The standard InChI is InChI=1S/C20H21ClN4O2/c1-14-18(19(26)25(24(14)3)17-10-5-4-6-11-17)22-20(27)23(2)13-15-8-7-9-16(21)12-15/h4-12H,13H2,1-3H3,(H,22,27). The van der Waals surface area contributed by atoms with Gasteiger partial charge in [0.2, 0.25) is 0 Å². The number of amides is 2. The second-order valence-electron chi connectivity index (χ2n) is 6.35. The number of carbonyl (C=O) groups excluding carboxylic acids is 1. The van der Waals surface area contributed by atoms with Crippen LogP contribution in [-0.2, 0) is 13.6 Å². The van der Waals surface area contributed by atoms with Crippen LogP contribution in [0.3, 0.4) is 0 Å². The first-order valence-corrected chi connectivity index (χ1v) is 8.87. The second-order valence-corrected chi connectivity index (χ2v) is 6.79. The fourth-order valence-electron chi connectivity index (χ4n) is 2.90. The molecular formula is C20H21ClN4O2. The summed E-state index contributed by atoms with van der Waals surface area (Å²) in [6, 6.07) is 16.3. The third-order valence-corrected chi connectivity index (χ3v) is 4.68. The number of hydrogen-bond acceptors (Lipinski definition) is 2. The molecule has 7 heteroatoms. The highest BCUT2D eigenvalue weighted by atomic mass is 35.5. The van der Waals surface area contributed by atoms with Gasteiger partial charge in [0.15, 0.2) is 0 Å². The largest absolute Gasteiger partial charge is 0.323 e. The molecule has 0 atom stereocenters. The van der Waals surface area contributed by atoms with Crippen LogP contribution in [0.25, 0.3) is 5.69 Å². The Bertz CT molecular complexity index is 1020. The number of nitrogens with one attached hydrogen (secondary N) is 1. The lowest BCUT2D eigenvalue weighted by atomic mass is 10.2. The zero-order chi connectivity index (χ0) is 19.6. The first kappa shape index (κ1) is 18.8.